The highest BCUT2D eigenvalue weighted by atomic mass is 16.2. The molecule has 0 unspecified atom stereocenters. The molecular weight excluding hydrogens is 400 g/mol. The zero-order valence-electron chi connectivity index (χ0n) is 18.9. The van der Waals surface area contributed by atoms with E-state index in [1.165, 1.54) is 6.92 Å². The summed E-state index contributed by atoms with van der Waals surface area (Å²) in [6.45, 7) is 8.96. The molecule has 1 rings (SSSR count). The fourth-order valence-electron chi connectivity index (χ4n) is 3.75. The standard InChI is InChI=1S/C21H38N6O4/c1-13(2)17(25-15(4)28)19(30)26-16(9-8-12-24-14(3)22)18(29)27-21(20(23)31)10-6-5-7-11-21/h13,16-17,24H,3,5-12,22H2,1-2,4H3,(H2,23,31)(H,25,28)(H,26,30)(H,27,29)/t16-,17-/m0/s1. The van der Waals surface area contributed by atoms with Crippen LogP contribution in [0.2, 0.25) is 0 Å². The largest absolute Gasteiger partial charge is 0.386 e. The first-order chi connectivity index (χ1) is 14.5. The van der Waals surface area contributed by atoms with Crippen LogP contribution in [0.4, 0.5) is 0 Å². The monoisotopic (exact) mass is 438 g/mol. The van der Waals surface area contributed by atoms with Crippen molar-refractivity contribution in [1.82, 2.24) is 21.3 Å². The third-order valence-electron chi connectivity index (χ3n) is 5.50. The number of nitrogens with two attached hydrogens (primary N) is 2. The second kappa shape index (κ2) is 12.2. The lowest BCUT2D eigenvalue weighted by Crippen LogP contribution is -2.63. The van der Waals surface area contributed by atoms with Crippen LogP contribution in [-0.4, -0.2) is 47.8 Å². The molecule has 0 bridgehead atoms. The van der Waals surface area contributed by atoms with Crippen molar-refractivity contribution in [3.05, 3.63) is 12.4 Å². The van der Waals surface area contributed by atoms with Gasteiger partial charge in [0, 0.05) is 13.5 Å². The van der Waals surface area contributed by atoms with E-state index in [1.54, 1.807) is 13.8 Å². The van der Waals surface area contributed by atoms with Gasteiger partial charge in [0.25, 0.3) is 0 Å². The summed E-state index contributed by atoms with van der Waals surface area (Å²) >= 11 is 0. The molecule has 1 aliphatic carbocycles. The van der Waals surface area contributed by atoms with Crippen molar-refractivity contribution in [3.63, 3.8) is 0 Å². The second-order valence-corrected chi connectivity index (χ2v) is 8.57. The lowest BCUT2D eigenvalue weighted by atomic mass is 9.80. The lowest BCUT2D eigenvalue weighted by Gasteiger charge is -2.36. The summed E-state index contributed by atoms with van der Waals surface area (Å²) in [5.74, 6) is -1.69. The molecule has 4 amide bonds. The number of carbonyl (C=O) groups excluding carboxylic acids is 4. The molecule has 1 fully saturated rings. The molecule has 2 atom stereocenters. The Bertz CT molecular complexity index is 673. The molecule has 0 radical (unpaired) electrons. The summed E-state index contributed by atoms with van der Waals surface area (Å²) in [6.07, 6.45) is 4.34. The van der Waals surface area contributed by atoms with E-state index in [9.17, 15) is 19.2 Å². The van der Waals surface area contributed by atoms with Crippen LogP contribution in [0, 0.1) is 5.92 Å². The van der Waals surface area contributed by atoms with Crippen molar-refractivity contribution in [2.45, 2.75) is 83.3 Å². The first-order valence-corrected chi connectivity index (χ1v) is 10.9. The van der Waals surface area contributed by atoms with Crippen molar-refractivity contribution in [2.24, 2.45) is 17.4 Å². The Morgan fingerprint density at radius 1 is 1.00 bits per heavy atom. The van der Waals surface area contributed by atoms with Gasteiger partial charge >= 0.3 is 0 Å². The summed E-state index contributed by atoms with van der Waals surface area (Å²) in [5, 5.41) is 11.0. The average molecular weight is 439 g/mol. The van der Waals surface area contributed by atoms with Crippen molar-refractivity contribution >= 4 is 23.6 Å². The van der Waals surface area contributed by atoms with Crippen molar-refractivity contribution in [3.8, 4) is 0 Å². The van der Waals surface area contributed by atoms with Gasteiger partial charge in [-0.2, -0.15) is 0 Å². The van der Waals surface area contributed by atoms with Gasteiger partial charge < -0.3 is 32.7 Å². The smallest absolute Gasteiger partial charge is 0.243 e. The maximum atomic E-state index is 13.1. The minimum Gasteiger partial charge on any atom is -0.386 e. The van der Waals surface area contributed by atoms with Gasteiger partial charge in [0.2, 0.25) is 23.6 Å². The SMILES string of the molecule is C=C(N)NCCC[C@H](NC(=O)[C@@H](NC(C)=O)C(C)C)C(=O)NC1(C(N)=O)CCCCC1. The van der Waals surface area contributed by atoms with E-state index in [0.29, 0.717) is 38.0 Å². The minimum atomic E-state index is -1.10. The van der Waals surface area contributed by atoms with E-state index in [1.807, 2.05) is 0 Å². The molecule has 8 N–H and O–H groups in total. The molecule has 10 heteroatoms. The second-order valence-electron chi connectivity index (χ2n) is 8.57. The average Bonchev–Trinajstić information content (AvgIpc) is 2.68. The fraction of sp³-hybridized carbons (Fsp3) is 0.714. The molecule has 0 spiro atoms. The molecular formula is C21H38N6O4. The summed E-state index contributed by atoms with van der Waals surface area (Å²) in [5.41, 5.74) is 10.0. The van der Waals surface area contributed by atoms with Crippen LogP contribution in [0.15, 0.2) is 12.4 Å². The number of hydrogen-bond acceptors (Lipinski definition) is 6. The van der Waals surface area contributed by atoms with Crippen molar-refractivity contribution < 1.29 is 19.2 Å². The normalized spacial score (nSPS) is 17.2. The Hall–Kier alpha value is -2.78. The summed E-state index contributed by atoms with van der Waals surface area (Å²) < 4.78 is 0. The van der Waals surface area contributed by atoms with Gasteiger partial charge in [0.1, 0.15) is 17.6 Å². The van der Waals surface area contributed by atoms with Crippen LogP contribution >= 0.6 is 0 Å². The number of rotatable bonds is 12. The Morgan fingerprint density at radius 3 is 2.10 bits per heavy atom. The van der Waals surface area contributed by atoms with Gasteiger partial charge in [-0.25, -0.2) is 0 Å². The van der Waals surface area contributed by atoms with Crippen LogP contribution in [0.5, 0.6) is 0 Å². The van der Waals surface area contributed by atoms with E-state index < -0.39 is 35.3 Å². The Morgan fingerprint density at radius 2 is 1.61 bits per heavy atom. The van der Waals surface area contributed by atoms with Crippen molar-refractivity contribution in [2.75, 3.05) is 6.54 Å². The summed E-state index contributed by atoms with van der Waals surface area (Å²) in [7, 11) is 0. The van der Waals surface area contributed by atoms with Gasteiger partial charge in [0.05, 0.1) is 5.82 Å². The predicted octanol–water partition coefficient (Wildman–Crippen LogP) is -0.264. The number of hydrogen-bond donors (Lipinski definition) is 6. The molecule has 0 aromatic carbocycles. The minimum absolute atomic E-state index is 0.176. The molecule has 0 saturated heterocycles. The molecule has 1 saturated carbocycles. The lowest BCUT2D eigenvalue weighted by molar-refractivity contribution is -0.136. The zero-order valence-corrected chi connectivity index (χ0v) is 18.9. The highest BCUT2D eigenvalue weighted by Gasteiger charge is 2.41. The Balaban J connectivity index is 2.96. The number of nitrogens with one attached hydrogen (secondary N) is 4. The first-order valence-electron chi connectivity index (χ1n) is 10.9. The highest BCUT2D eigenvalue weighted by molar-refractivity contribution is 5.95. The van der Waals surface area contributed by atoms with Crippen LogP contribution in [0.1, 0.15) is 65.7 Å². The molecule has 0 aromatic rings. The van der Waals surface area contributed by atoms with Crippen LogP contribution in [0.25, 0.3) is 0 Å². The summed E-state index contributed by atoms with van der Waals surface area (Å²) in [6, 6.07) is -1.68. The van der Waals surface area contributed by atoms with E-state index in [0.717, 1.165) is 19.3 Å². The zero-order chi connectivity index (χ0) is 23.6. The van der Waals surface area contributed by atoms with Gasteiger partial charge in [0.15, 0.2) is 0 Å². The fourth-order valence-corrected chi connectivity index (χ4v) is 3.75. The molecule has 31 heavy (non-hydrogen) atoms. The van der Waals surface area contributed by atoms with E-state index in [2.05, 4.69) is 27.8 Å². The number of primary amides is 1. The maximum Gasteiger partial charge on any atom is 0.243 e. The third kappa shape index (κ3) is 8.47. The summed E-state index contributed by atoms with van der Waals surface area (Å²) in [4.78, 5) is 49.6. The van der Waals surface area contributed by atoms with Gasteiger partial charge in [-0.15, -0.1) is 0 Å². The van der Waals surface area contributed by atoms with E-state index >= 15 is 0 Å². The maximum absolute atomic E-state index is 13.1. The van der Waals surface area contributed by atoms with Crippen LogP contribution in [0.3, 0.4) is 0 Å². The molecule has 0 aliphatic heterocycles. The molecule has 1 aliphatic rings. The highest BCUT2D eigenvalue weighted by Crippen LogP contribution is 2.28. The van der Waals surface area contributed by atoms with Crippen molar-refractivity contribution in [1.29, 1.82) is 0 Å². The molecule has 10 nitrogen and oxygen atoms in total. The van der Waals surface area contributed by atoms with Crippen LogP contribution < -0.4 is 32.7 Å². The Labute approximate surface area is 184 Å². The third-order valence-corrected chi connectivity index (χ3v) is 5.50. The quantitative estimate of drug-likeness (QED) is 0.229. The van der Waals surface area contributed by atoms with Gasteiger partial charge in [-0.3, -0.25) is 19.2 Å². The van der Waals surface area contributed by atoms with E-state index in [4.69, 9.17) is 11.5 Å². The first kappa shape index (κ1) is 26.3. The van der Waals surface area contributed by atoms with E-state index in [-0.39, 0.29) is 11.8 Å². The Kier molecular flexibility index (Phi) is 10.3. The van der Waals surface area contributed by atoms with Gasteiger partial charge in [-0.1, -0.05) is 39.7 Å². The topological polar surface area (TPSA) is 168 Å². The van der Waals surface area contributed by atoms with Gasteiger partial charge in [-0.05, 0) is 31.6 Å². The molecule has 176 valence electrons. The number of amides is 4. The molecule has 0 heterocycles. The van der Waals surface area contributed by atoms with Crippen LogP contribution in [-0.2, 0) is 19.2 Å². The number of carbonyl (C=O) groups is 4. The molecule has 0 aromatic heterocycles. The predicted molar refractivity (Wildman–Crippen MR) is 118 cm³/mol.